The van der Waals surface area contributed by atoms with Crippen molar-refractivity contribution in [2.24, 2.45) is 0 Å². The Morgan fingerprint density at radius 3 is 2.48 bits per heavy atom. The van der Waals surface area contributed by atoms with Crippen molar-refractivity contribution in [1.29, 1.82) is 0 Å². The molecule has 3 rings (SSSR count). The third-order valence-corrected chi connectivity index (χ3v) is 6.94. The highest BCUT2D eigenvalue weighted by atomic mass is 28.3. The van der Waals surface area contributed by atoms with Crippen LogP contribution in [-0.2, 0) is 0 Å². The van der Waals surface area contributed by atoms with E-state index in [1.54, 1.807) is 0 Å². The lowest BCUT2D eigenvalue weighted by Gasteiger charge is -2.28. The molecule has 0 amide bonds. The lowest BCUT2D eigenvalue weighted by atomic mass is 10.1. The largest absolute Gasteiger partial charge is 0.371 e. The van der Waals surface area contributed by atoms with Crippen molar-refractivity contribution in [2.45, 2.75) is 51.2 Å². The van der Waals surface area contributed by atoms with Crippen LogP contribution < -0.4 is 4.98 Å². The maximum absolute atomic E-state index is 3.85. The van der Waals surface area contributed by atoms with Gasteiger partial charge in [-0.1, -0.05) is 36.9 Å². The Balaban J connectivity index is 1.90. The molecule has 1 aromatic carbocycles. The van der Waals surface area contributed by atoms with Gasteiger partial charge in [-0.3, -0.25) is 0 Å². The van der Waals surface area contributed by atoms with Crippen molar-refractivity contribution in [2.75, 3.05) is 13.1 Å². The molecule has 0 spiro atoms. The van der Waals surface area contributed by atoms with Crippen molar-refractivity contribution in [3.63, 3.8) is 0 Å². The van der Waals surface area contributed by atoms with Gasteiger partial charge in [-0.2, -0.15) is 0 Å². The van der Waals surface area contributed by atoms with Crippen molar-refractivity contribution in [3.8, 4) is 0 Å². The van der Waals surface area contributed by atoms with Gasteiger partial charge in [0.15, 0.2) is 0 Å². The Labute approximate surface area is 130 Å². The van der Waals surface area contributed by atoms with Crippen LogP contribution in [0.2, 0.25) is 6.55 Å². The second-order valence-electron chi connectivity index (χ2n) is 7.37. The highest BCUT2D eigenvalue weighted by Gasteiger charge is 2.33. The first-order valence-electron chi connectivity index (χ1n) is 8.13. The van der Waals surface area contributed by atoms with Gasteiger partial charge in [0.1, 0.15) is 8.96 Å². The molecule has 1 fully saturated rings. The molecular weight excluding hydrogens is 272 g/mol. The van der Waals surface area contributed by atoms with E-state index in [9.17, 15) is 0 Å². The summed E-state index contributed by atoms with van der Waals surface area (Å²) in [6.45, 7) is 11.7. The van der Waals surface area contributed by atoms with Gasteiger partial charge >= 0.3 is 0 Å². The average molecular weight is 300 g/mol. The number of nitrogens with zero attached hydrogens (tertiary/aromatic N) is 1. The van der Waals surface area contributed by atoms with E-state index in [-0.39, 0.29) is 5.54 Å². The lowest BCUT2D eigenvalue weighted by Crippen LogP contribution is -2.47. The summed E-state index contributed by atoms with van der Waals surface area (Å²) in [4.78, 5) is 6.44. The zero-order valence-corrected chi connectivity index (χ0v) is 14.7. The van der Waals surface area contributed by atoms with E-state index in [1.165, 1.54) is 42.8 Å². The molecule has 0 saturated carbocycles. The third kappa shape index (κ3) is 3.09. The molecule has 1 atom stereocenters. The predicted octanol–water partition coefficient (Wildman–Crippen LogP) is 3.77. The minimum absolute atomic E-state index is 0.197. The van der Waals surface area contributed by atoms with Gasteiger partial charge in [-0.25, -0.2) is 0 Å². The van der Waals surface area contributed by atoms with Gasteiger partial charge in [-0.05, 0) is 39.2 Å². The van der Waals surface area contributed by atoms with E-state index in [1.807, 2.05) is 0 Å². The summed E-state index contributed by atoms with van der Waals surface area (Å²) in [5.41, 5.74) is 5.29. The molecule has 21 heavy (non-hydrogen) atoms. The second-order valence-corrected chi connectivity index (χ2v) is 9.61. The summed E-state index contributed by atoms with van der Waals surface area (Å²) >= 11 is 0. The highest BCUT2D eigenvalue weighted by molar-refractivity contribution is 6.57. The summed E-state index contributed by atoms with van der Waals surface area (Å²) in [6.07, 6.45) is 5.23. The van der Waals surface area contributed by atoms with Gasteiger partial charge in [0.2, 0.25) is 0 Å². The summed E-state index contributed by atoms with van der Waals surface area (Å²) in [7, 11) is -0.651. The van der Waals surface area contributed by atoms with Crippen LogP contribution in [0.4, 0.5) is 0 Å². The summed E-state index contributed by atoms with van der Waals surface area (Å²) in [6, 6.07) is 9.02. The Bertz CT molecular complexity index is 538. The average Bonchev–Trinajstić information content (AvgIpc) is 3.03. The first kappa shape index (κ1) is 14.9. The Morgan fingerprint density at radius 1 is 1.14 bits per heavy atom. The first-order chi connectivity index (χ1) is 9.96. The van der Waals surface area contributed by atoms with E-state index in [2.05, 4.69) is 67.5 Å². The van der Waals surface area contributed by atoms with Crippen LogP contribution in [0.1, 0.15) is 50.3 Å². The van der Waals surface area contributed by atoms with Crippen LogP contribution in [-0.4, -0.2) is 32.5 Å². The van der Waals surface area contributed by atoms with Gasteiger partial charge < -0.3 is 9.88 Å². The van der Waals surface area contributed by atoms with Crippen LogP contribution >= 0.6 is 0 Å². The van der Waals surface area contributed by atoms with E-state index in [0.717, 1.165) is 0 Å². The molecule has 1 unspecified atom stereocenters. The molecule has 1 N–H and O–H groups in total. The summed E-state index contributed by atoms with van der Waals surface area (Å²) < 4.78 is 0. The predicted molar refractivity (Wildman–Crippen MR) is 92.5 cm³/mol. The molecule has 2 aliphatic rings. The number of nitrogens with one attached hydrogen (secondary N) is 1. The number of fused-ring (bicyclic) bond motifs is 1. The smallest absolute Gasteiger partial charge is 0.142 e. The van der Waals surface area contributed by atoms with Gasteiger partial charge in [0, 0.05) is 35.4 Å². The maximum Gasteiger partial charge on any atom is 0.142 e. The number of benzene rings is 1. The Hall–Kier alpha value is -1.06. The molecule has 1 radical (unpaired) electrons. The molecule has 113 valence electrons. The SMILES string of the molecule is C[Si](NC(C)(C)C)C1C=C(N2CCCC2)c2ccccc21. The Kier molecular flexibility index (Phi) is 3.97. The Morgan fingerprint density at radius 2 is 1.81 bits per heavy atom. The minimum Gasteiger partial charge on any atom is -0.371 e. The van der Waals surface area contributed by atoms with Crippen molar-refractivity contribution >= 4 is 14.7 Å². The molecular formula is C18H27N2Si. The fourth-order valence-electron chi connectivity index (χ4n) is 3.60. The molecule has 2 nitrogen and oxygen atoms in total. The topological polar surface area (TPSA) is 15.3 Å². The maximum atomic E-state index is 3.85. The number of hydrogen-bond acceptors (Lipinski definition) is 2. The molecule has 0 aromatic heterocycles. The van der Waals surface area contributed by atoms with Crippen molar-refractivity contribution < 1.29 is 0 Å². The van der Waals surface area contributed by atoms with Gasteiger partial charge in [-0.15, -0.1) is 0 Å². The quantitative estimate of drug-likeness (QED) is 0.855. The van der Waals surface area contributed by atoms with Crippen LogP contribution in [0.25, 0.3) is 5.70 Å². The third-order valence-electron chi connectivity index (χ3n) is 4.38. The van der Waals surface area contributed by atoms with Crippen LogP contribution in [0.5, 0.6) is 0 Å². The molecule has 1 saturated heterocycles. The van der Waals surface area contributed by atoms with Crippen LogP contribution in [0.15, 0.2) is 30.3 Å². The molecule has 1 aliphatic carbocycles. The zero-order valence-electron chi connectivity index (χ0n) is 13.7. The monoisotopic (exact) mass is 299 g/mol. The number of hydrogen-bond donors (Lipinski definition) is 1. The first-order valence-corrected chi connectivity index (χ1v) is 10.2. The van der Waals surface area contributed by atoms with E-state index in [0.29, 0.717) is 5.54 Å². The normalized spacial score (nSPS) is 21.9. The van der Waals surface area contributed by atoms with Crippen molar-refractivity contribution in [1.82, 2.24) is 9.88 Å². The molecule has 3 heteroatoms. The van der Waals surface area contributed by atoms with Crippen LogP contribution in [0, 0.1) is 0 Å². The molecule has 1 aromatic rings. The molecule has 0 bridgehead atoms. The number of allylic oxidation sites excluding steroid dienone is 1. The standard InChI is InChI=1S/C18H27N2Si/c1-18(2,3)19-21(4)17-13-16(20-11-7-8-12-20)14-9-5-6-10-15(14)17/h5-6,9-10,13,17,19H,7-8,11-12H2,1-4H3. The van der Waals surface area contributed by atoms with Gasteiger partial charge in [0.05, 0.1) is 0 Å². The van der Waals surface area contributed by atoms with E-state index in [4.69, 9.17) is 0 Å². The number of rotatable bonds is 3. The zero-order chi connectivity index (χ0) is 15.0. The van der Waals surface area contributed by atoms with Crippen LogP contribution in [0.3, 0.4) is 0 Å². The lowest BCUT2D eigenvalue weighted by molar-refractivity contribution is 0.493. The number of likely N-dealkylation sites (tertiary alicyclic amines) is 1. The van der Waals surface area contributed by atoms with Gasteiger partial charge in [0.25, 0.3) is 0 Å². The highest BCUT2D eigenvalue weighted by Crippen LogP contribution is 2.39. The summed E-state index contributed by atoms with van der Waals surface area (Å²) in [5.74, 6) is 0. The summed E-state index contributed by atoms with van der Waals surface area (Å²) in [5, 5.41) is 0. The molecule has 1 heterocycles. The molecule has 1 aliphatic heterocycles. The fraction of sp³-hybridized carbons (Fsp3) is 0.556. The van der Waals surface area contributed by atoms with E-state index >= 15 is 0 Å². The van der Waals surface area contributed by atoms with E-state index < -0.39 is 8.96 Å². The van der Waals surface area contributed by atoms with Crippen molar-refractivity contribution in [3.05, 3.63) is 41.5 Å². The second kappa shape index (κ2) is 5.62. The fourth-order valence-corrected chi connectivity index (χ4v) is 6.06. The minimum atomic E-state index is -0.651.